The van der Waals surface area contributed by atoms with E-state index in [2.05, 4.69) is 10.6 Å². The molecule has 1 aliphatic rings. The third-order valence-electron chi connectivity index (χ3n) is 4.40. The first kappa shape index (κ1) is 17.1. The predicted molar refractivity (Wildman–Crippen MR) is 90.0 cm³/mol. The summed E-state index contributed by atoms with van der Waals surface area (Å²) < 4.78 is 27.1. The number of halogens is 2. The lowest BCUT2D eigenvalue weighted by molar-refractivity contribution is -0.135. The highest BCUT2D eigenvalue weighted by atomic mass is 19.2. The summed E-state index contributed by atoms with van der Waals surface area (Å²) in [5, 5.41) is 5.02. The molecule has 130 valence electrons. The van der Waals surface area contributed by atoms with E-state index in [0.29, 0.717) is 13.0 Å². The Morgan fingerprint density at radius 2 is 1.96 bits per heavy atom. The van der Waals surface area contributed by atoms with Crippen molar-refractivity contribution < 1.29 is 18.4 Å². The van der Waals surface area contributed by atoms with Gasteiger partial charge >= 0.3 is 0 Å². The normalized spacial score (nSPS) is 20.0. The van der Waals surface area contributed by atoms with Gasteiger partial charge in [-0.1, -0.05) is 35.9 Å². The summed E-state index contributed by atoms with van der Waals surface area (Å²) in [6.45, 7) is 2.40. The van der Waals surface area contributed by atoms with Gasteiger partial charge in [-0.2, -0.15) is 0 Å². The van der Waals surface area contributed by atoms with Crippen molar-refractivity contribution >= 4 is 17.5 Å². The third-order valence-corrected chi connectivity index (χ3v) is 4.40. The molecule has 0 bridgehead atoms. The zero-order valence-corrected chi connectivity index (χ0v) is 13.7. The van der Waals surface area contributed by atoms with Crippen molar-refractivity contribution in [2.75, 3.05) is 11.9 Å². The van der Waals surface area contributed by atoms with E-state index < -0.39 is 29.4 Å². The van der Waals surface area contributed by atoms with Crippen LogP contribution in [0.3, 0.4) is 0 Å². The number of benzene rings is 2. The van der Waals surface area contributed by atoms with Crippen LogP contribution in [0.4, 0.5) is 14.5 Å². The minimum Gasteiger partial charge on any atom is -0.355 e. The average molecular weight is 344 g/mol. The van der Waals surface area contributed by atoms with Gasteiger partial charge in [0.2, 0.25) is 11.8 Å². The van der Waals surface area contributed by atoms with Gasteiger partial charge in [-0.3, -0.25) is 9.59 Å². The molecule has 0 radical (unpaired) electrons. The fourth-order valence-electron chi connectivity index (χ4n) is 3.18. The molecule has 3 rings (SSSR count). The van der Waals surface area contributed by atoms with E-state index in [9.17, 15) is 18.4 Å². The van der Waals surface area contributed by atoms with Crippen LogP contribution in [-0.4, -0.2) is 18.4 Å². The van der Waals surface area contributed by atoms with E-state index in [1.807, 2.05) is 31.2 Å². The fourth-order valence-corrected chi connectivity index (χ4v) is 3.18. The van der Waals surface area contributed by atoms with Gasteiger partial charge in [0.25, 0.3) is 0 Å². The first-order valence-electron chi connectivity index (χ1n) is 8.06. The Balaban J connectivity index is 1.89. The molecule has 1 aliphatic heterocycles. The highest BCUT2D eigenvalue weighted by Crippen LogP contribution is 2.32. The topological polar surface area (TPSA) is 58.2 Å². The highest BCUT2D eigenvalue weighted by molar-refractivity contribution is 6.07. The maximum Gasteiger partial charge on any atom is 0.237 e. The van der Waals surface area contributed by atoms with Crippen LogP contribution in [0.5, 0.6) is 0 Å². The molecule has 25 heavy (non-hydrogen) atoms. The molecule has 1 heterocycles. The lowest BCUT2D eigenvalue weighted by Gasteiger charge is -2.30. The number of rotatable bonds is 3. The molecular formula is C19H18F2N2O2. The zero-order chi connectivity index (χ0) is 18.0. The van der Waals surface area contributed by atoms with Gasteiger partial charge in [-0.25, -0.2) is 8.78 Å². The number of carbonyl (C=O) groups excluding carboxylic acids is 2. The Labute approximate surface area is 144 Å². The van der Waals surface area contributed by atoms with Crippen molar-refractivity contribution in [1.82, 2.24) is 5.32 Å². The van der Waals surface area contributed by atoms with E-state index >= 15 is 0 Å². The van der Waals surface area contributed by atoms with Gasteiger partial charge in [0.05, 0.1) is 5.69 Å². The molecule has 0 aromatic heterocycles. The van der Waals surface area contributed by atoms with E-state index in [0.717, 1.165) is 17.2 Å². The van der Waals surface area contributed by atoms with Gasteiger partial charge in [-0.05, 0) is 31.0 Å². The number of hydrogen-bond donors (Lipinski definition) is 2. The molecule has 1 saturated heterocycles. The van der Waals surface area contributed by atoms with Gasteiger partial charge in [-0.15, -0.1) is 0 Å². The van der Waals surface area contributed by atoms with E-state index in [1.165, 1.54) is 12.1 Å². The smallest absolute Gasteiger partial charge is 0.237 e. The molecule has 1 fully saturated rings. The lowest BCUT2D eigenvalue weighted by atomic mass is 9.79. The molecule has 0 spiro atoms. The molecule has 2 aromatic carbocycles. The number of piperidine rings is 1. The number of aryl methyl sites for hydroxylation is 1. The van der Waals surface area contributed by atoms with Crippen molar-refractivity contribution in [2.45, 2.75) is 19.3 Å². The molecule has 0 saturated carbocycles. The summed E-state index contributed by atoms with van der Waals surface area (Å²) in [6.07, 6.45) is 0.596. The largest absolute Gasteiger partial charge is 0.355 e. The molecule has 2 aromatic rings. The Morgan fingerprint density at radius 1 is 1.20 bits per heavy atom. The lowest BCUT2D eigenvalue weighted by Crippen LogP contribution is -2.46. The van der Waals surface area contributed by atoms with Crippen LogP contribution in [0, 0.1) is 24.5 Å². The Bertz CT molecular complexity index is 823. The molecule has 4 nitrogen and oxygen atoms in total. The maximum atomic E-state index is 13.8. The van der Waals surface area contributed by atoms with Gasteiger partial charge in [0, 0.05) is 12.5 Å². The van der Waals surface area contributed by atoms with Crippen molar-refractivity contribution in [3.05, 3.63) is 65.2 Å². The Morgan fingerprint density at radius 3 is 2.72 bits per heavy atom. The number of anilines is 1. The molecule has 2 unspecified atom stereocenters. The monoisotopic (exact) mass is 344 g/mol. The summed E-state index contributed by atoms with van der Waals surface area (Å²) in [5.74, 6) is -4.57. The van der Waals surface area contributed by atoms with Crippen LogP contribution in [-0.2, 0) is 9.59 Å². The quantitative estimate of drug-likeness (QED) is 0.841. The van der Waals surface area contributed by atoms with Gasteiger partial charge in [0.15, 0.2) is 11.6 Å². The summed E-state index contributed by atoms with van der Waals surface area (Å²) in [6, 6.07) is 11.1. The SMILES string of the molecule is Cc1cccc(C2CCNC(=O)C2C(=O)Nc2cccc(F)c2F)c1. The molecule has 6 heteroatoms. The van der Waals surface area contributed by atoms with Crippen molar-refractivity contribution in [3.8, 4) is 0 Å². The summed E-state index contributed by atoms with van der Waals surface area (Å²) in [7, 11) is 0. The van der Waals surface area contributed by atoms with Crippen molar-refractivity contribution in [1.29, 1.82) is 0 Å². The molecule has 0 aliphatic carbocycles. The summed E-state index contributed by atoms with van der Waals surface area (Å²) in [4.78, 5) is 25.0. The minimum atomic E-state index is -1.14. The number of nitrogens with one attached hydrogen (secondary N) is 2. The van der Waals surface area contributed by atoms with E-state index in [4.69, 9.17) is 0 Å². The Kier molecular flexibility index (Phi) is 4.79. The van der Waals surface area contributed by atoms with Gasteiger partial charge in [0.1, 0.15) is 5.92 Å². The first-order valence-corrected chi connectivity index (χ1v) is 8.06. The van der Waals surface area contributed by atoms with E-state index in [-0.39, 0.29) is 11.6 Å². The van der Waals surface area contributed by atoms with Crippen LogP contribution in [0.25, 0.3) is 0 Å². The van der Waals surface area contributed by atoms with E-state index in [1.54, 1.807) is 0 Å². The maximum absolute atomic E-state index is 13.8. The predicted octanol–water partition coefficient (Wildman–Crippen LogP) is 3.13. The summed E-state index contributed by atoms with van der Waals surface area (Å²) >= 11 is 0. The minimum absolute atomic E-state index is 0.272. The summed E-state index contributed by atoms with van der Waals surface area (Å²) in [5.41, 5.74) is 1.64. The van der Waals surface area contributed by atoms with Crippen LogP contribution in [0.2, 0.25) is 0 Å². The average Bonchev–Trinajstić information content (AvgIpc) is 2.58. The number of amides is 2. The van der Waals surface area contributed by atoms with Crippen LogP contribution >= 0.6 is 0 Å². The fraction of sp³-hybridized carbons (Fsp3) is 0.263. The number of carbonyl (C=O) groups is 2. The zero-order valence-electron chi connectivity index (χ0n) is 13.7. The second kappa shape index (κ2) is 7.01. The molecule has 2 amide bonds. The number of hydrogen-bond acceptors (Lipinski definition) is 2. The van der Waals surface area contributed by atoms with Crippen LogP contribution in [0.1, 0.15) is 23.5 Å². The van der Waals surface area contributed by atoms with Crippen molar-refractivity contribution in [2.24, 2.45) is 5.92 Å². The third kappa shape index (κ3) is 3.52. The van der Waals surface area contributed by atoms with Crippen LogP contribution in [0.15, 0.2) is 42.5 Å². The molecule has 2 atom stereocenters. The van der Waals surface area contributed by atoms with Crippen LogP contribution < -0.4 is 10.6 Å². The highest BCUT2D eigenvalue weighted by Gasteiger charge is 2.38. The molecule has 2 N–H and O–H groups in total. The van der Waals surface area contributed by atoms with Gasteiger partial charge < -0.3 is 10.6 Å². The molecular weight excluding hydrogens is 326 g/mol. The standard InChI is InChI=1S/C19H18F2N2O2/c1-11-4-2-5-12(10-11)13-8-9-22-18(24)16(13)19(25)23-15-7-3-6-14(20)17(15)21/h2-7,10,13,16H,8-9H2,1H3,(H,22,24)(H,23,25). The second-order valence-corrected chi connectivity index (χ2v) is 6.17. The Hall–Kier alpha value is -2.76. The second-order valence-electron chi connectivity index (χ2n) is 6.17. The van der Waals surface area contributed by atoms with Crippen molar-refractivity contribution in [3.63, 3.8) is 0 Å². The first-order chi connectivity index (χ1) is 12.0.